The van der Waals surface area contributed by atoms with Crippen molar-refractivity contribution in [2.45, 2.75) is 116 Å². The van der Waals surface area contributed by atoms with Gasteiger partial charge in [-0.1, -0.05) is 45.4 Å². The summed E-state index contributed by atoms with van der Waals surface area (Å²) in [6.07, 6.45) is 14.1. The molecule has 0 aliphatic heterocycles. The molecule has 45 heavy (non-hydrogen) atoms. The van der Waals surface area contributed by atoms with Crippen LogP contribution in [-0.2, 0) is 0 Å². The maximum absolute atomic E-state index is 15.2. The van der Waals surface area contributed by atoms with Crippen molar-refractivity contribution in [2.24, 2.45) is 35.5 Å². The molecule has 5 rings (SSSR count). The van der Waals surface area contributed by atoms with Crippen LogP contribution in [0.3, 0.4) is 0 Å². The lowest BCUT2D eigenvalue weighted by Gasteiger charge is -2.42. The Bertz CT molecular complexity index is 1280. The van der Waals surface area contributed by atoms with E-state index in [1.54, 1.807) is 0 Å². The van der Waals surface area contributed by atoms with Crippen molar-refractivity contribution < 1.29 is 31.1 Å². The summed E-state index contributed by atoms with van der Waals surface area (Å²) in [6, 6.07) is 3.80. The molecule has 3 fully saturated rings. The van der Waals surface area contributed by atoms with Gasteiger partial charge in [-0.15, -0.1) is 0 Å². The van der Waals surface area contributed by atoms with Crippen molar-refractivity contribution in [3.05, 3.63) is 53.1 Å². The van der Waals surface area contributed by atoms with Gasteiger partial charge in [0.2, 0.25) is 0 Å². The fourth-order valence-electron chi connectivity index (χ4n) is 8.60. The van der Waals surface area contributed by atoms with Gasteiger partial charge in [0.1, 0.15) is 40.7 Å². The minimum Gasteiger partial charge on any atom is -0.432 e. The molecule has 2 aromatic carbocycles. The molecule has 8 heteroatoms. The normalized spacial score (nSPS) is 27.6. The Morgan fingerprint density at radius 3 is 1.62 bits per heavy atom. The molecule has 0 heterocycles. The molecule has 2 nitrogen and oxygen atoms in total. The number of alkyl halides is 2. The molecule has 3 aliphatic carbocycles. The van der Waals surface area contributed by atoms with E-state index in [0.717, 1.165) is 17.8 Å². The Kier molecular flexibility index (Phi) is 11.1. The topological polar surface area (TPSA) is 33.0 Å². The summed E-state index contributed by atoms with van der Waals surface area (Å²) >= 11 is 0. The monoisotopic (exact) mass is 633 g/mol. The summed E-state index contributed by atoms with van der Waals surface area (Å²) in [7, 11) is 0. The predicted molar refractivity (Wildman–Crippen MR) is 162 cm³/mol. The second kappa shape index (κ2) is 14.8. The van der Waals surface area contributed by atoms with E-state index in [2.05, 4.69) is 6.92 Å². The van der Waals surface area contributed by atoms with Gasteiger partial charge in [0, 0.05) is 12.1 Å². The van der Waals surface area contributed by atoms with E-state index < -0.39 is 57.7 Å². The van der Waals surface area contributed by atoms with Crippen LogP contribution in [0, 0.1) is 70.1 Å². The summed E-state index contributed by atoms with van der Waals surface area (Å²) in [5, 5.41) is 8.82. The fourth-order valence-corrected chi connectivity index (χ4v) is 8.60. The van der Waals surface area contributed by atoms with E-state index in [1.807, 2.05) is 0 Å². The van der Waals surface area contributed by atoms with Gasteiger partial charge in [0.05, 0.1) is 11.5 Å². The van der Waals surface area contributed by atoms with Crippen molar-refractivity contribution in [2.75, 3.05) is 0 Å². The molecule has 0 saturated heterocycles. The third-order valence-electron chi connectivity index (χ3n) is 11.2. The fraction of sp³-hybridized carbons (Fsp3) is 0.649. The smallest absolute Gasteiger partial charge is 0.400 e. The Morgan fingerprint density at radius 2 is 1.16 bits per heavy atom. The van der Waals surface area contributed by atoms with Gasteiger partial charge < -0.3 is 4.74 Å². The highest BCUT2D eigenvalue weighted by Crippen LogP contribution is 2.48. The van der Waals surface area contributed by atoms with E-state index in [9.17, 15) is 17.6 Å². The van der Waals surface area contributed by atoms with Gasteiger partial charge in [-0.3, -0.25) is 0 Å². The number of benzene rings is 2. The first-order chi connectivity index (χ1) is 21.6. The lowest BCUT2D eigenvalue weighted by Crippen LogP contribution is -2.38. The first kappa shape index (κ1) is 33.7. The number of halogens is 6. The van der Waals surface area contributed by atoms with E-state index in [4.69, 9.17) is 10.00 Å². The summed E-state index contributed by atoms with van der Waals surface area (Å²) in [4.78, 5) is 0. The molecule has 0 atom stereocenters. The summed E-state index contributed by atoms with van der Waals surface area (Å²) < 4.78 is 93.1. The second-order valence-corrected chi connectivity index (χ2v) is 13.9. The molecule has 3 aliphatic rings. The molecule has 0 amide bonds. The standard InChI is InChI=1S/C37H45F6NO/c1-2-3-4-5-23-6-8-24(9-7-23)25-10-12-26(13-11-25)27-14-16-29(17-15-27)37(42,43)45-30-20-34(40)36(35(41)21-30)28-18-32(38)31(22-44)33(39)19-28/h18-21,23-27,29H,2-17H2,1H3. The molecule has 2 aromatic rings. The highest BCUT2D eigenvalue weighted by atomic mass is 19.3. The SMILES string of the molecule is CCCCCC1CCC(C2CCC(C3CCC(C(F)(F)Oc4cc(F)c(-c5cc(F)c(C#N)c(F)c5)c(F)c4)CC3)CC2)CC1. The van der Waals surface area contributed by atoms with Crippen LogP contribution in [0.5, 0.6) is 5.75 Å². The number of unbranched alkanes of at least 4 members (excludes halogenated alkanes) is 2. The molecule has 0 unspecified atom stereocenters. The Hall–Kier alpha value is -2.69. The lowest BCUT2D eigenvalue weighted by atomic mass is 9.65. The minimum atomic E-state index is -3.62. The van der Waals surface area contributed by atoms with Crippen LogP contribution in [0.15, 0.2) is 24.3 Å². The van der Waals surface area contributed by atoms with Crippen LogP contribution in [-0.4, -0.2) is 6.11 Å². The average molecular weight is 634 g/mol. The number of nitrogens with zero attached hydrogens (tertiary/aromatic N) is 1. The Labute approximate surface area is 263 Å². The quantitative estimate of drug-likeness (QED) is 0.193. The van der Waals surface area contributed by atoms with Crippen LogP contribution >= 0.6 is 0 Å². The zero-order valence-electron chi connectivity index (χ0n) is 26.2. The van der Waals surface area contributed by atoms with Crippen molar-refractivity contribution in [3.8, 4) is 22.9 Å². The van der Waals surface area contributed by atoms with E-state index in [0.29, 0.717) is 48.9 Å². The number of nitriles is 1. The van der Waals surface area contributed by atoms with Gasteiger partial charge in [0.15, 0.2) is 0 Å². The van der Waals surface area contributed by atoms with Gasteiger partial charge in [-0.25, -0.2) is 17.6 Å². The molecular formula is C37H45F6NO. The molecule has 246 valence electrons. The summed E-state index contributed by atoms with van der Waals surface area (Å²) in [6.45, 7) is 2.26. The van der Waals surface area contributed by atoms with Crippen molar-refractivity contribution >= 4 is 0 Å². The van der Waals surface area contributed by atoms with Crippen molar-refractivity contribution in [1.82, 2.24) is 0 Å². The maximum Gasteiger partial charge on any atom is 0.400 e. The number of hydrogen-bond acceptors (Lipinski definition) is 2. The molecule has 0 aromatic heterocycles. The zero-order chi connectivity index (χ0) is 32.1. The lowest BCUT2D eigenvalue weighted by molar-refractivity contribution is -0.224. The molecule has 3 saturated carbocycles. The third-order valence-corrected chi connectivity index (χ3v) is 11.2. The molecule has 0 radical (unpaired) electrons. The Balaban J connectivity index is 1.10. The Morgan fingerprint density at radius 1 is 0.689 bits per heavy atom. The van der Waals surface area contributed by atoms with Gasteiger partial charge in [0.25, 0.3) is 0 Å². The third kappa shape index (κ3) is 8.00. The van der Waals surface area contributed by atoms with Crippen LogP contribution in [0.1, 0.15) is 115 Å². The van der Waals surface area contributed by atoms with Crippen LogP contribution in [0.2, 0.25) is 0 Å². The molecule has 0 N–H and O–H groups in total. The van der Waals surface area contributed by atoms with Gasteiger partial charge in [-0.2, -0.15) is 14.0 Å². The molecular weight excluding hydrogens is 588 g/mol. The number of hydrogen-bond donors (Lipinski definition) is 0. The first-order valence-corrected chi connectivity index (χ1v) is 17.0. The first-order valence-electron chi connectivity index (χ1n) is 17.0. The minimum absolute atomic E-state index is 0.284. The van der Waals surface area contributed by atoms with Crippen LogP contribution in [0.25, 0.3) is 11.1 Å². The largest absolute Gasteiger partial charge is 0.432 e. The van der Waals surface area contributed by atoms with Gasteiger partial charge >= 0.3 is 6.11 Å². The van der Waals surface area contributed by atoms with Crippen LogP contribution in [0.4, 0.5) is 26.3 Å². The average Bonchev–Trinajstić information content (AvgIpc) is 3.01. The predicted octanol–water partition coefficient (Wildman–Crippen LogP) is 11.8. The molecule has 0 bridgehead atoms. The maximum atomic E-state index is 15.2. The number of ether oxygens (including phenoxy) is 1. The van der Waals surface area contributed by atoms with E-state index in [-0.39, 0.29) is 12.8 Å². The highest BCUT2D eigenvalue weighted by Gasteiger charge is 2.45. The van der Waals surface area contributed by atoms with Crippen molar-refractivity contribution in [3.63, 3.8) is 0 Å². The summed E-state index contributed by atoms with van der Waals surface area (Å²) in [5.74, 6) is -3.33. The number of rotatable bonds is 10. The zero-order valence-corrected chi connectivity index (χ0v) is 26.2. The van der Waals surface area contributed by atoms with Crippen LogP contribution < -0.4 is 4.74 Å². The van der Waals surface area contributed by atoms with Gasteiger partial charge in [-0.05, 0) is 111 Å². The second-order valence-electron chi connectivity index (χ2n) is 13.9. The highest BCUT2D eigenvalue weighted by molar-refractivity contribution is 5.67. The van der Waals surface area contributed by atoms with E-state index in [1.165, 1.54) is 83.1 Å². The van der Waals surface area contributed by atoms with E-state index >= 15 is 8.78 Å². The summed E-state index contributed by atoms with van der Waals surface area (Å²) in [5.41, 5.74) is -2.17. The molecule has 0 spiro atoms. The van der Waals surface area contributed by atoms with Crippen molar-refractivity contribution in [1.29, 1.82) is 5.26 Å².